The zero-order valence-electron chi connectivity index (χ0n) is 32.6. The van der Waals surface area contributed by atoms with E-state index in [-0.39, 0.29) is 38.9 Å². The first-order valence-corrected chi connectivity index (χ1v) is 19.5. The molecule has 0 heterocycles. The van der Waals surface area contributed by atoms with Gasteiger partial charge in [-0.15, -0.1) is 0 Å². The molecule has 3 nitrogen and oxygen atoms in total. The summed E-state index contributed by atoms with van der Waals surface area (Å²) in [5, 5.41) is 0. The Morgan fingerprint density at radius 1 is 0.491 bits per heavy atom. The highest BCUT2D eigenvalue weighted by atomic mass is 19.4. The molecule has 0 saturated carbocycles. The molecule has 0 aliphatic rings. The van der Waals surface area contributed by atoms with Crippen molar-refractivity contribution in [2.45, 2.75) is 103 Å². The van der Waals surface area contributed by atoms with Crippen LogP contribution >= 0.6 is 0 Å². The first-order valence-electron chi connectivity index (χ1n) is 19.5. The summed E-state index contributed by atoms with van der Waals surface area (Å²) >= 11 is 0. The van der Waals surface area contributed by atoms with Gasteiger partial charge in [-0.05, 0) is 108 Å². The van der Waals surface area contributed by atoms with Crippen LogP contribution < -0.4 is 4.74 Å². The first kappa shape index (κ1) is 43.9. The molecule has 0 aliphatic heterocycles. The van der Waals surface area contributed by atoms with Gasteiger partial charge in [0.25, 0.3) is 0 Å². The van der Waals surface area contributed by atoms with Crippen molar-refractivity contribution in [1.82, 2.24) is 0 Å². The largest absolute Gasteiger partial charge is 0.457 e. The number of alkyl halides is 6. The van der Waals surface area contributed by atoms with Crippen LogP contribution in [0.5, 0.6) is 11.5 Å². The summed E-state index contributed by atoms with van der Waals surface area (Å²) in [6, 6.07) is 26.9. The molecule has 2 unspecified atom stereocenters. The molecule has 0 aliphatic carbocycles. The van der Waals surface area contributed by atoms with Crippen molar-refractivity contribution in [3.05, 3.63) is 129 Å². The molecule has 9 heteroatoms. The Balaban J connectivity index is 1.73. The van der Waals surface area contributed by atoms with Crippen LogP contribution in [0, 0.1) is 11.8 Å². The summed E-state index contributed by atoms with van der Waals surface area (Å²) in [7, 11) is 2.79. The van der Waals surface area contributed by atoms with Crippen molar-refractivity contribution >= 4 is 0 Å². The Morgan fingerprint density at radius 2 is 0.836 bits per heavy atom. The normalized spacial score (nSPS) is 13.2. The molecule has 0 bridgehead atoms. The molecule has 4 aromatic rings. The lowest BCUT2D eigenvalue weighted by atomic mass is 9.92. The minimum Gasteiger partial charge on any atom is -0.457 e. The van der Waals surface area contributed by atoms with E-state index >= 15 is 0 Å². The van der Waals surface area contributed by atoms with E-state index in [2.05, 4.69) is 38.1 Å². The maximum absolute atomic E-state index is 14.1. The van der Waals surface area contributed by atoms with Crippen LogP contribution in [0.15, 0.2) is 84.9 Å². The molecule has 0 fully saturated rings. The average molecular weight is 771 g/mol. The predicted molar refractivity (Wildman–Crippen MR) is 208 cm³/mol. The Bertz CT molecular complexity index is 1590. The average Bonchev–Trinajstić information content (AvgIpc) is 3.15. The number of hydrogen-bond acceptors (Lipinski definition) is 3. The van der Waals surface area contributed by atoms with Gasteiger partial charge in [-0.2, -0.15) is 26.3 Å². The number of methoxy groups -OCH3 is 2. The van der Waals surface area contributed by atoms with Crippen molar-refractivity contribution in [3.8, 4) is 11.5 Å². The predicted octanol–water partition coefficient (Wildman–Crippen LogP) is 12.9. The zero-order chi connectivity index (χ0) is 39.8. The molecule has 0 aromatic heterocycles. The Labute approximate surface area is 323 Å². The van der Waals surface area contributed by atoms with Gasteiger partial charge in [-0.1, -0.05) is 99.5 Å². The molecule has 2 atom stereocenters. The Kier molecular flexibility index (Phi) is 17.1. The van der Waals surface area contributed by atoms with Crippen LogP contribution in [-0.4, -0.2) is 39.8 Å². The number of rotatable bonds is 22. The molecule has 0 radical (unpaired) electrons. The lowest BCUT2D eigenvalue weighted by Gasteiger charge is -2.22. The molecule has 4 rings (SSSR count). The number of hydrogen-bond donors (Lipinski definition) is 0. The van der Waals surface area contributed by atoms with E-state index in [1.54, 1.807) is 36.4 Å². The van der Waals surface area contributed by atoms with Crippen LogP contribution in [0.3, 0.4) is 0 Å². The number of ether oxygens (including phenoxy) is 3. The highest BCUT2D eigenvalue weighted by Gasteiger charge is 2.40. The van der Waals surface area contributed by atoms with Crippen LogP contribution in [0.4, 0.5) is 26.3 Å². The number of halogens is 6. The molecule has 0 saturated heterocycles. The number of aryl methyl sites for hydroxylation is 2. The van der Waals surface area contributed by atoms with Crippen LogP contribution in [0.1, 0.15) is 96.9 Å². The van der Waals surface area contributed by atoms with Gasteiger partial charge in [-0.3, -0.25) is 0 Å². The highest BCUT2D eigenvalue weighted by molar-refractivity contribution is 5.48. The van der Waals surface area contributed by atoms with Crippen molar-refractivity contribution in [3.63, 3.8) is 0 Å². The van der Waals surface area contributed by atoms with Crippen molar-refractivity contribution in [2.75, 3.05) is 27.4 Å². The van der Waals surface area contributed by atoms with E-state index in [1.807, 2.05) is 24.3 Å². The lowest BCUT2D eigenvalue weighted by Crippen LogP contribution is -2.26. The molecule has 0 spiro atoms. The van der Waals surface area contributed by atoms with Gasteiger partial charge in [0.2, 0.25) is 0 Å². The van der Waals surface area contributed by atoms with E-state index in [0.29, 0.717) is 35.5 Å². The van der Waals surface area contributed by atoms with Crippen molar-refractivity contribution in [1.29, 1.82) is 0 Å². The van der Waals surface area contributed by atoms with Gasteiger partial charge >= 0.3 is 12.4 Å². The highest BCUT2D eigenvalue weighted by Crippen LogP contribution is 2.37. The summed E-state index contributed by atoms with van der Waals surface area (Å²) in [6.07, 6.45) is -2.36. The molecule has 0 N–H and O–H groups in total. The van der Waals surface area contributed by atoms with Crippen molar-refractivity contribution < 1.29 is 40.6 Å². The summed E-state index contributed by atoms with van der Waals surface area (Å²) in [4.78, 5) is 0. The fraction of sp³-hybridized carbons (Fsp3) is 0.478. The standard InChI is InChI=1S/C46H56F6O3/c1-5-7-9-33-11-15-35(16-12-33)27-39-29-37(31-41(23-25-53-3)45(47,48)49)19-21-43(39)55-44-22-20-38(32-42(24-26-54-4)46(50,51)52)30-40(44)28-36-17-13-34(14-18-36)10-8-6-2/h11-22,29-30,41-42H,5-10,23-28,31-32H2,1-4H3. The van der Waals surface area contributed by atoms with Gasteiger partial charge < -0.3 is 14.2 Å². The van der Waals surface area contributed by atoms with Gasteiger partial charge in [0, 0.05) is 40.3 Å². The Hall–Kier alpha value is -3.82. The number of unbranched alkanes of at least 4 members (excludes halogenated alkanes) is 2. The van der Waals surface area contributed by atoms with E-state index in [1.165, 1.54) is 25.3 Å². The fourth-order valence-electron chi connectivity index (χ4n) is 6.81. The van der Waals surface area contributed by atoms with E-state index in [9.17, 15) is 26.3 Å². The summed E-state index contributed by atoms with van der Waals surface area (Å²) < 4.78 is 101. The van der Waals surface area contributed by atoms with Gasteiger partial charge in [0.1, 0.15) is 11.5 Å². The van der Waals surface area contributed by atoms with Crippen LogP contribution in [0.2, 0.25) is 0 Å². The Morgan fingerprint density at radius 3 is 1.16 bits per heavy atom. The van der Waals surface area contributed by atoms with Crippen LogP contribution in [-0.2, 0) is 48.0 Å². The minimum absolute atomic E-state index is 0.00105. The lowest BCUT2D eigenvalue weighted by molar-refractivity contribution is -0.179. The molecule has 300 valence electrons. The third-order valence-electron chi connectivity index (χ3n) is 10.2. The van der Waals surface area contributed by atoms with Gasteiger partial charge in [0.05, 0.1) is 11.8 Å². The minimum atomic E-state index is -4.39. The van der Waals surface area contributed by atoms with E-state index in [0.717, 1.165) is 60.8 Å². The smallest absolute Gasteiger partial charge is 0.392 e. The molecular formula is C46H56F6O3. The van der Waals surface area contributed by atoms with Gasteiger partial charge in [0.15, 0.2) is 0 Å². The quantitative estimate of drug-likeness (QED) is 0.0745. The summed E-state index contributed by atoms with van der Waals surface area (Å²) in [6.45, 7) is 4.29. The molecule has 55 heavy (non-hydrogen) atoms. The van der Waals surface area contributed by atoms with E-state index < -0.39 is 24.2 Å². The fourth-order valence-corrected chi connectivity index (χ4v) is 6.81. The van der Waals surface area contributed by atoms with Gasteiger partial charge in [-0.25, -0.2) is 0 Å². The van der Waals surface area contributed by atoms with E-state index in [4.69, 9.17) is 14.2 Å². The molecular weight excluding hydrogens is 714 g/mol. The first-order chi connectivity index (χ1) is 26.3. The third-order valence-corrected chi connectivity index (χ3v) is 10.2. The molecule has 0 amide bonds. The SMILES string of the molecule is CCCCc1ccc(Cc2cc(CC(CCOC)C(F)(F)F)ccc2Oc2ccc(CC(CCOC)C(F)(F)F)cc2Cc2ccc(CCCC)cc2)cc1. The number of benzene rings is 4. The summed E-state index contributed by atoms with van der Waals surface area (Å²) in [5.41, 5.74) is 6.93. The summed E-state index contributed by atoms with van der Waals surface area (Å²) in [5.74, 6) is -2.17. The zero-order valence-corrected chi connectivity index (χ0v) is 32.6. The second-order valence-corrected chi connectivity index (χ2v) is 14.6. The second kappa shape index (κ2) is 21.5. The maximum Gasteiger partial charge on any atom is 0.392 e. The topological polar surface area (TPSA) is 27.7 Å². The monoisotopic (exact) mass is 770 g/mol. The second-order valence-electron chi connectivity index (χ2n) is 14.6. The van der Waals surface area contributed by atoms with Crippen LogP contribution in [0.25, 0.3) is 0 Å². The third kappa shape index (κ3) is 14.3. The molecule has 4 aromatic carbocycles. The van der Waals surface area contributed by atoms with Crippen molar-refractivity contribution in [2.24, 2.45) is 11.8 Å². The maximum atomic E-state index is 14.1.